The molecule has 0 aliphatic rings. The van der Waals surface area contributed by atoms with Gasteiger partial charge in [-0.2, -0.15) is 0 Å². The molecule has 0 heterocycles. The summed E-state index contributed by atoms with van der Waals surface area (Å²) < 4.78 is 22.7. The van der Waals surface area contributed by atoms with E-state index in [1.54, 1.807) is 19.9 Å². The Hall–Kier alpha value is -1.58. The summed E-state index contributed by atoms with van der Waals surface area (Å²) >= 11 is 0. The Kier molecular flexibility index (Phi) is 4.09. The summed E-state index contributed by atoms with van der Waals surface area (Å²) in [7, 11) is 0. The number of hydrogen-bond donors (Lipinski definition) is 0. The monoisotopic (exact) mass is 212 g/mol. The van der Waals surface area contributed by atoms with Gasteiger partial charge in [-0.25, -0.2) is 9.18 Å². The molecular formula is C11H13FO3. The fraction of sp³-hybridized carbons (Fsp3) is 0.364. The molecule has 0 unspecified atom stereocenters. The van der Waals surface area contributed by atoms with Crippen LogP contribution in [0.4, 0.5) is 4.39 Å². The van der Waals surface area contributed by atoms with Crippen molar-refractivity contribution < 1.29 is 18.7 Å². The number of esters is 1. The van der Waals surface area contributed by atoms with Crippen LogP contribution in [0.5, 0.6) is 5.75 Å². The molecule has 0 fully saturated rings. The molecule has 1 aromatic rings. The van der Waals surface area contributed by atoms with Crippen molar-refractivity contribution in [3.63, 3.8) is 0 Å². The van der Waals surface area contributed by atoms with Crippen LogP contribution in [0.25, 0.3) is 0 Å². The Balaban J connectivity index is 2.58. The molecule has 82 valence electrons. The van der Waals surface area contributed by atoms with Gasteiger partial charge in [0.25, 0.3) is 0 Å². The van der Waals surface area contributed by atoms with E-state index in [0.29, 0.717) is 12.4 Å². The van der Waals surface area contributed by atoms with Crippen molar-refractivity contribution in [3.8, 4) is 5.75 Å². The van der Waals surface area contributed by atoms with Crippen LogP contribution in [-0.4, -0.2) is 18.7 Å². The summed E-state index contributed by atoms with van der Waals surface area (Å²) in [4.78, 5) is 11.2. The van der Waals surface area contributed by atoms with Crippen molar-refractivity contribution in [2.45, 2.75) is 20.0 Å². The zero-order valence-corrected chi connectivity index (χ0v) is 8.70. The number of hydrogen-bond acceptors (Lipinski definition) is 3. The Morgan fingerprint density at radius 2 is 2.27 bits per heavy atom. The summed E-state index contributed by atoms with van der Waals surface area (Å²) in [6, 6.07) is 5.62. The van der Waals surface area contributed by atoms with Crippen LogP contribution in [0.3, 0.4) is 0 Å². The normalized spacial score (nSPS) is 11.9. The first-order valence-corrected chi connectivity index (χ1v) is 4.72. The predicted molar refractivity (Wildman–Crippen MR) is 53.1 cm³/mol. The van der Waals surface area contributed by atoms with Crippen LogP contribution in [0, 0.1) is 5.82 Å². The number of halogens is 1. The van der Waals surface area contributed by atoms with Crippen LogP contribution in [-0.2, 0) is 9.53 Å². The minimum Gasteiger partial charge on any atom is -0.479 e. The lowest BCUT2D eigenvalue weighted by atomic mass is 10.3. The van der Waals surface area contributed by atoms with Gasteiger partial charge in [0.2, 0.25) is 0 Å². The number of carbonyl (C=O) groups excluding carboxylic acids is 1. The number of carbonyl (C=O) groups is 1. The van der Waals surface area contributed by atoms with E-state index in [4.69, 9.17) is 9.47 Å². The molecular weight excluding hydrogens is 199 g/mol. The first kappa shape index (κ1) is 11.5. The molecule has 1 aromatic carbocycles. The van der Waals surface area contributed by atoms with Crippen molar-refractivity contribution in [3.05, 3.63) is 30.1 Å². The van der Waals surface area contributed by atoms with Crippen molar-refractivity contribution >= 4 is 5.97 Å². The summed E-state index contributed by atoms with van der Waals surface area (Å²) in [6.07, 6.45) is -0.730. The molecule has 1 rings (SSSR count). The highest BCUT2D eigenvalue weighted by Crippen LogP contribution is 2.14. The van der Waals surface area contributed by atoms with Crippen molar-refractivity contribution in [2.24, 2.45) is 0 Å². The lowest BCUT2D eigenvalue weighted by Crippen LogP contribution is -2.26. The average Bonchev–Trinajstić information content (AvgIpc) is 2.18. The summed E-state index contributed by atoms with van der Waals surface area (Å²) in [5.74, 6) is -0.541. The topological polar surface area (TPSA) is 35.5 Å². The largest absolute Gasteiger partial charge is 0.479 e. The minimum absolute atomic E-state index is 0.301. The maximum absolute atomic E-state index is 12.8. The molecule has 0 saturated carbocycles. The molecule has 0 spiro atoms. The molecule has 0 amide bonds. The van der Waals surface area contributed by atoms with E-state index >= 15 is 0 Å². The average molecular weight is 212 g/mol. The quantitative estimate of drug-likeness (QED) is 0.717. The number of ether oxygens (including phenoxy) is 2. The summed E-state index contributed by atoms with van der Waals surface area (Å²) in [5, 5.41) is 0. The van der Waals surface area contributed by atoms with Crippen LogP contribution in [0.15, 0.2) is 24.3 Å². The van der Waals surface area contributed by atoms with Gasteiger partial charge in [0, 0.05) is 6.07 Å². The highest BCUT2D eigenvalue weighted by Gasteiger charge is 2.15. The fourth-order valence-corrected chi connectivity index (χ4v) is 1.05. The van der Waals surface area contributed by atoms with Crippen molar-refractivity contribution in [2.75, 3.05) is 6.61 Å². The van der Waals surface area contributed by atoms with Gasteiger partial charge in [-0.1, -0.05) is 6.07 Å². The fourth-order valence-electron chi connectivity index (χ4n) is 1.05. The maximum Gasteiger partial charge on any atom is 0.347 e. The van der Waals surface area contributed by atoms with Gasteiger partial charge in [-0.3, -0.25) is 0 Å². The standard InChI is InChI=1S/C11H13FO3/c1-3-14-11(13)8(2)15-10-6-4-5-9(12)7-10/h4-8H,3H2,1-2H3/t8-/m1/s1. The second-order valence-electron chi connectivity index (χ2n) is 2.97. The Morgan fingerprint density at radius 3 is 2.87 bits per heavy atom. The maximum atomic E-state index is 12.8. The zero-order valence-electron chi connectivity index (χ0n) is 8.70. The first-order valence-electron chi connectivity index (χ1n) is 4.72. The molecule has 4 heteroatoms. The molecule has 0 saturated heterocycles. The van der Waals surface area contributed by atoms with E-state index in [2.05, 4.69) is 0 Å². The molecule has 0 radical (unpaired) electrons. The minimum atomic E-state index is -0.730. The van der Waals surface area contributed by atoms with Gasteiger partial charge >= 0.3 is 5.97 Å². The Labute approximate surface area is 87.8 Å². The van der Waals surface area contributed by atoms with E-state index in [0.717, 1.165) is 0 Å². The van der Waals surface area contributed by atoms with E-state index in [-0.39, 0.29) is 0 Å². The summed E-state index contributed by atoms with van der Waals surface area (Å²) in [6.45, 7) is 3.57. The number of rotatable bonds is 4. The van der Waals surface area contributed by atoms with E-state index in [1.165, 1.54) is 18.2 Å². The van der Waals surface area contributed by atoms with Gasteiger partial charge in [0.05, 0.1) is 6.61 Å². The van der Waals surface area contributed by atoms with E-state index < -0.39 is 17.9 Å². The summed E-state index contributed by atoms with van der Waals surface area (Å²) in [5.41, 5.74) is 0. The zero-order chi connectivity index (χ0) is 11.3. The van der Waals surface area contributed by atoms with Gasteiger partial charge in [0.15, 0.2) is 6.10 Å². The third-order valence-electron chi connectivity index (χ3n) is 1.73. The molecule has 1 atom stereocenters. The van der Waals surface area contributed by atoms with Crippen LogP contribution in [0.1, 0.15) is 13.8 Å². The second-order valence-corrected chi connectivity index (χ2v) is 2.97. The number of benzene rings is 1. The Morgan fingerprint density at radius 1 is 1.53 bits per heavy atom. The van der Waals surface area contributed by atoms with Crippen LogP contribution in [0.2, 0.25) is 0 Å². The Bertz CT molecular complexity index is 338. The van der Waals surface area contributed by atoms with Gasteiger partial charge in [-0.15, -0.1) is 0 Å². The highest BCUT2D eigenvalue weighted by molar-refractivity contribution is 5.74. The lowest BCUT2D eigenvalue weighted by molar-refractivity contribution is -0.150. The van der Waals surface area contributed by atoms with Gasteiger partial charge in [-0.05, 0) is 26.0 Å². The molecule has 0 bridgehead atoms. The smallest absolute Gasteiger partial charge is 0.347 e. The second kappa shape index (κ2) is 5.34. The lowest BCUT2D eigenvalue weighted by Gasteiger charge is -2.12. The van der Waals surface area contributed by atoms with Crippen molar-refractivity contribution in [1.29, 1.82) is 0 Å². The van der Waals surface area contributed by atoms with Gasteiger partial charge in [0.1, 0.15) is 11.6 Å². The van der Waals surface area contributed by atoms with Gasteiger partial charge < -0.3 is 9.47 Å². The molecule has 3 nitrogen and oxygen atoms in total. The first-order chi connectivity index (χ1) is 7.13. The SMILES string of the molecule is CCOC(=O)[C@@H](C)Oc1cccc(F)c1. The molecule has 15 heavy (non-hydrogen) atoms. The molecule has 0 aromatic heterocycles. The third kappa shape index (κ3) is 3.58. The van der Waals surface area contributed by atoms with E-state index in [9.17, 15) is 9.18 Å². The van der Waals surface area contributed by atoms with E-state index in [1.807, 2.05) is 0 Å². The highest BCUT2D eigenvalue weighted by atomic mass is 19.1. The molecule has 0 N–H and O–H groups in total. The van der Waals surface area contributed by atoms with Crippen molar-refractivity contribution in [1.82, 2.24) is 0 Å². The molecule has 0 aliphatic carbocycles. The van der Waals surface area contributed by atoms with Crippen LogP contribution >= 0.6 is 0 Å². The third-order valence-corrected chi connectivity index (χ3v) is 1.73. The van der Waals surface area contributed by atoms with Crippen LogP contribution < -0.4 is 4.74 Å². The predicted octanol–water partition coefficient (Wildman–Crippen LogP) is 2.16. The molecule has 0 aliphatic heterocycles.